The molecule has 0 N–H and O–H groups in total. The molecule has 1 aromatic rings. The van der Waals surface area contributed by atoms with Gasteiger partial charge >= 0.3 is 27.5 Å². The Bertz CT molecular complexity index is 324. The summed E-state index contributed by atoms with van der Waals surface area (Å²) < 4.78 is 0. The molecule has 0 bridgehead atoms. The fourth-order valence-electron chi connectivity index (χ4n) is 3.89. The summed E-state index contributed by atoms with van der Waals surface area (Å²) in [6.45, 7) is 28.2. The van der Waals surface area contributed by atoms with E-state index < -0.39 is 0 Å². The van der Waals surface area contributed by atoms with E-state index in [1.807, 2.05) is 18.2 Å². The molecule has 0 aromatic carbocycles. The average molecular weight is 629 g/mol. The molecule has 28 heavy (non-hydrogen) atoms. The van der Waals surface area contributed by atoms with Gasteiger partial charge in [-0.1, -0.05) is 105 Å². The van der Waals surface area contributed by atoms with Crippen LogP contribution in [0.2, 0.25) is 0 Å². The van der Waals surface area contributed by atoms with Crippen molar-refractivity contribution in [1.29, 1.82) is 0 Å². The Hall–Kier alpha value is 0.949. The number of hydrogen-bond donors (Lipinski definition) is 0. The first-order valence-corrected chi connectivity index (χ1v) is 16.9. The summed E-state index contributed by atoms with van der Waals surface area (Å²) in [5, 5.41) is 0. The zero-order valence-electron chi connectivity index (χ0n) is 20.4. The number of rotatable bonds is 6. The molecule has 0 amide bonds. The van der Waals surface area contributed by atoms with Crippen molar-refractivity contribution in [3.63, 3.8) is 0 Å². The first kappa shape index (κ1) is 33.6. The number of aromatic nitrogens is 1. The molecule has 0 saturated heterocycles. The first-order chi connectivity index (χ1) is 12.9. The summed E-state index contributed by atoms with van der Waals surface area (Å²) in [6.07, 6.45) is 3.50. The van der Waals surface area contributed by atoms with Gasteiger partial charge in [0, 0.05) is 12.4 Å². The molecule has 1 heterocycles. The number of pyridine rings is 1. The Morgan fingerprint density at radius 1 is 0.500 bits per heavy atom. The van der Waals surface area contributed by atoms with E-state index in [1.54, 1.807) is 12.4 Å². The maximum Gasteiger partial charge on any atom is 0.0267 e. The van der Waals surface area contributed by atoms with E-state index in [1.165, 1.54) is 17.9 Å². The molecule has 1 rings (SSSR count). The molecule has 1 nitrogen and oxygen atoms in total. The number of hydrogen-bond acceptors (Lipinski definition) is 1. The molecular weight excluding hydrogens is 580 g/mol. The molecule has 0 radical (unpaired) electrons. The van der Waals surface area contributed by atoms with Crippen LogP contribution >= 0.6 is 25.4 Å². The fraction of sp³-hybridized carbons (Fsp3) is 0.783. The molecule has 0 unspecified atom stereocenters. The largest absolute Gasteiger partial charge is 0.265 e. The van der Waals surface area contributed by atoms with E-state index in [0.29, 0.717) is 0 Å². The third-order valence-electron chi connectivity index (χ3n) is 4.14. The van der Waals surface area contributed by atoms with Gasteiger partial charge in [-0.2, -0.15) is 0 Å². The molecule has 172 valence electrons. The number of nitrogens with zero attached hydrogens (tertiary/aromatic N) is 1. The summed E-state index contributed by atoms with van der Waals surface area (Å²) >= 11 is 1.19. The second kappa shape index (κ2) is 21.2. The zero-order valence-corrected chi connectivity index (χ0v) is 25.7. The smallest absolute Gasteiger partial charge is 0.0267 e. The normalized spacial score (nSPS) is 11.0. The zero-order chi connectivity index (χ0) is 22.9. The Morgan fingerprint density at radius 3 is 0.750 bits per heavy atom. The van der Waals surface area contributed by atoms with E-state index in [0.717, 1.165) is 34.0 Å². The molecular formula is C23H49ClIrNP2. The third kappa shape index (κ3) is 18.9. The third-order valence-corrected chi connectivity index (χ3v) is 11.3. The van der Waals surface area contributed by atoms with Crippen LogP contribution in [0, 0.1) is 0 Å². The summed E-state index contributed by atoms with van der Waals surface area (Å²) in [6, 6.07) is 5.72. The second-order valence-corrected chi connectivity index (χ2v) is 16.5. The summed E-state index contributed by atoms with van der Waals surface area (Å²) in [7, 11) is 5.22. The van der Waals surface area contributed by atoms with Crippen LogP contribution in [-0.2, 0) is 17.9 Å². The molecule has 0 atom stereocenters. The predicted octanol–water partition coefficient (Wildman–Crippen LogP) is 8.62. The van der Waals surface area contributed by atoms with Crippen molar-refractivity contribution in [3.8, 4) is 0 Å². The standard InChI is InChI=1S/2C9H21P.C5H5N.ClH.Ir.2H/c2*1-7(2)10(8(3)4)9(5)6;1-2-4-6-5-3-1;;;;/h2*7-9H,1-6H3;1-5H;1H;;;/q;;;;+1;;/p-1. The summed E-state index contributed by atoms with van der Waals surface area (Å²) in [5.74, 6) is 0. The van der Waals surface area contributed by atoms with E-state index in [9.17, 15) is 0 Å². The van der Waals surface area contributed by atoms with Gasteiger partial charge in [0.1, 0.15) is 0 Å². The minimum atomic E-state index is 0.262. The van der Waals surface area contributed by atoms with Gasteiger partial charge in [-0.05, 0) is 46.1 Å². The average Bonchev–Trinajstić information content (AvgIpc) is 2.57. The Balaban J connectivity index is -0.000000328. The molecule has 1 aromatic heterocycles. The molecule has 0 aliphatic carbocycles. The quantitative estimate of drug-likeness (QED) is 0.288. The maximum atomic E-state index is 4.69. The van der Waals surface area contributed by atoms with Crippen LogP contribution in [0.4, 0.5) is 0 Å². The summed E-state index contributed by atoms with van der Waals surface area (Å²) in [5.41, 5.74) is 5.39. The van der Waals surface area contributed by atoms with Crippen LogP contribution in [0.5, 0.6) is 0 Å². The van der Waals surface area contributed by atoms with Crippen molar-refractivity contribution in [2.75, 3.05) is 0 Å². The topological polar surface area (TPSA) is 12.9 Å². The van der Waals surface area contributed by atoms with Gasteiger partial charge in [-0.15, -0.1) is 0 Å². The van der Waals surface area contributed by atoms with Crippen molar-refractivity contribution in [2.24, 2.45) is 0 Å². The molecule has 0 fully saturated rings. The Morgan fingerprint density at radius 2 is 0.714 bits per heavy atom. The van der Waals surface area contributed by atoms with E-state index in [2.05, 4.69) is 88.1 Å². The van der Waals surface area contributed by atoms with Gasteiger partial charge < -0.3 is 0 Å². The summed E-state index contributed by atoms with van der Waals surface area (Å²) in [4.78, 5) is 3.78. The predicted molar refractivity (Wildman–Crippen MR) is 138 cm³/mol. The molecule has 0 spiro atoms. The minimum Gasteiger partial charge on any atom is -0.265 e. The molecule has 0 aliphatic rings. The van der Waals surface area contributed by atoms with E-state index in [-0.39, 0.29) is 15.8 Å². The van der Waals surface area contributed by atoms with Gasteiger partial charge in [0.15, 0.2) is 0 Å². The van der Waals surface area contributed by atoms with E-state index in [4.69, 9.17) is 9.58 Å². The van der Waals surface area contributed by atoms with Crippen molar-refractivity contribution in [2.45, 2.75) is 117 Å². The van der Waals surface area contributed by atoms with Crippen molar-refractivity contribution in [1.82, 2.24) is 4.98 Å². The van der Waals surface area contributed by atoms with Crippen LogP contribution in [0.25, 0.3) is 0 Å². The number of halogens is 1. The van der Waals surface area contributed by atoms with Gasteiger partial charge in [-0.25, -0.2) is 0 Å². The fourth-order valence-corrected chi connectivity index (χ4v) is 11.0. The molecule has 0 aliphatic heterocycles. The van der Waals surface area contributed by atoms with E-state index >= 15 is 0 Å². The Labute approximate surface area is 195 Å². The van der Waals surface area contributed by atoms with Crippen molar-refractivity contribution in [3.05, 3.63) is 30.6 Å². The maximum absolute atomic E-state index is 4.69. The minimum absolute atomic E-state index is 0.262. The monoisotopic (exact) mass is 629 g/mol. The van der Waals surface area contributed by atoms with Crippen molar-refractivity contribution >= 4 is 25.4 Å². The van der Waals surface area contributed by atoms with Crippen molar-refractivity contribution < 1.29 is 17.9 Å². The SMILES string of the molecule is CC(C)P(C(C)C)C(C)C.CC(C)P(C(C)C)C(C)C.[Cl][IrH2].c1ccncc1. The van der Waals surface area contributed by atoms with Gasteiger partial charge in [0.25, 0.3) is 0 Å². The second-order valence-electron chi connectivity index (χ2n) is 8.48. The first-order valence-electron chi connectivity index (χ1n) is 10.5. The van der Waals surface area contributed by atoms with Crippen LogP contribution in [0.15, 0.2) is 30.6 Å². The van der Waals surface area contributed by atoms with Gasteiger partial charge in [0.2, 0.25) is 0 Å². The van der Waals surface area contributed by atoms with Gasteiger partial charge in [0.05, 0.1) is 0 Å². The van der Waals surface area contributed by atoms with Crippen LogP contribution in [-0.4, -0.2) is 38.9 Å². The van der Waals surface area contributed by atoms with Gasteiger partial charge in [-0.3, -0.25) is 4.98 Å². The molecule has 0 saturated carbocycles. The Kier molecular flexibility index (Phi) is 25.4. The van der Waals surface area contributed by atoms with Crippen LogP contribution in [0.3, 0.4) is 0 Å². The molecule has 5 heteroatoms. The van der Waals surface area contributed by atoms with Crippen LogP contribution < -0.4 is 0 Å². The van der Waals surface area contributed by atoms with Crippen LogP contribution in [0.1, 0.15) is 83.1 Å².